The van der Waals surface area contributed by atoms with Gasteiger partial charge in [-0.25, -0.2) is 0 Å². The van der Waals surface area contributed by atoms with Gasteiger partial charge in [-0.15, -0.1) is 0 Å². The van der Waals surface area contributed by atoms with Crippen molar-refractivity contribution in [2.75, 3.05) is 5.73 Å². The van der Waals surface area contributed by atoms with Crippen LogP contribution in [0.25, 0.3) is 10.9 Å². The average molecular weight is 285 g/mol. The molecule has 1 aromatic carbocycles. The van der Waals surface area contributed by atoms with Gasteiger partial charge in [0.25, 0.3) is 5.91 Å². The van der Waals surface area contributed by atoms with Gasteiger partial charge < -0.3 is 16.0 Å². The summed E-state index contributed by atoms with van der Waals surface area (Å²) in [5, 5.41) is 4.06. The lowest BCUT2D eigenvalue weighted by Crippen LogP contribution is -2.38. The molecule has 4 N–H and O–H groups in total. The van der Waals surface area contributed by atoms with E-state index in [0.29, 0.717) is 17.2 Å². The largest absolute Gasteiger partial charge is 0.399 e. The number of nitrogens with one attached hydrogen (secondary N) is 2. The molecule has 0 bridgehead atoms. The van der Waals surface area contributed by atoms with Crippen LogP contribution in [0.3, 0.4) is 0 Å². The lowest BCUT2D eigenvalue weighted by molar-refractivity contribution is 0.0921. The monoisotopic (exact) mass is 285 g/mol. The highest BCUT2D eigenvalue weighted by Crippen LogP contribution is 2.27. The van der Waals surface area contributed by atoms with Crippen molar-refractivity contribution in [2.45, 2.75) is 45.1 Å². The summed E-state index contributed by atoms with van der Waals surface area (Å²) in [6.45, 7) is 2.12. The Morgan fingerprint density at radius 2 is 2.10 bits per heavy atom. The number of fused-ring (bicyclic) bond motifs is 1. The van der Waals surface area contributed by atoms with Crippen molar-refractivity contribution in [1.29, 1.82) is 0 Å². The predicted molar refractivity (Wildman–Crippen MR) is 86.2 cm³/mol. The zero-order valence-corrected chi connectivity index (χ0v) is 12.5. The number of H-pyrrole nitrogens is 1. The van der Waals surface area contributed by atoms with E-state index in [4.69, 9.17) is 5.73 Å². The summed E-state index contributed by atoms with van der Waals surface area (Å²) in [6, 6.07) is 5.83. The third kappa shape index (κ3) is 2.89. The second kappa shape index (κ2) is 5.80. The number of hydrogen-bond donors (Lipinski definition) is 3. The van der Waals surface area contributed by atoms with E-state index in [1.54, 1.807) is 6.20 Å². The maximum absolute atomic E-state index is 12.5. The lowest BCUT2D eigenvalue weighted by atomic mass is 9.84. The number of rotatable bonds is 3. The highest BCUT2D eigenvalue weighted by atomic mass is 16.1. The summed E-state index contributed by atoms with van der Waals surface area (Å²) < 4.78 is 0. The standard InChI is InChI=1S/C17H23N3O/c1-11(12-5-3-2-4-6-12)20-17(21)15-10-19-16-8-7-13(18)9-14(15)16/h7-12,19H,2-6,18H2,1H3,(H,20,21). The molecule has 0 aliphatic heterocycles. The Morgan fingerprint density at radius 1 is 1.33 bits per heavy atom. The number of anilines is 1. The van der Waals surface area contributed by atoms with Gasteiger partial charge in [0, 0.05) is 28.8 Å². The van der Waals surface area contributed by atoms with Crippen LogP contribution < -0.4 is 11.1 Å². The van der Waals surface area contributed by atoms with Gasteiger partial charge in [0.1, 0.15) is 0 Å². The number of amides is 1. The first-order valence-corrected chi connectivity index (χ1v) is 7.82. The van der Waals surface area contributed by atoms with Crippen LogP contribution in [0.1, 0.15) is 49.4 Å². The first-order valence-electron chi connectivity index (χ1n) is 7.82. The molecule has 1 aliphatic rings. The summed E-state index contributed by atoms with van der Waals surface area (Å²) in [5.41, 5.74) is 8.13. The van der Waals surface area contributed by atoms with Gasteiger partial charge in [-0.2, -0.15) is 0 Å². The van der Waals surface area contributed by atoms with Crippen LogP contribution in [-0.2, 0) is 0 Å². The Balaban J connectivity index is 1.75. The molecule has 21 heavy (non-hydrogen) atoms. The number of hydrogen-bond acceptors (Lipinski definition) is 2. The molecule has 1 heterocycles. The quantitative estimate of drug-likeness (QED) is 0.756. The van der Waals surface area contributed by atoms with Crippen LogP contribution >= 0.6 is 0 Å². The molecule has 0 spiro atoms. The summed E-state index contributed by atoms with van der Waals surface area (Å²) >= 11 is 0. The van der Waals surface area contributed by atoms with Crippen LogP contribution in [-0.4, -0.2) is 16.9 Å². The number of nitrogens with two attached hydrogens (primary N) is 1. The number of carbonyl (C=O) groups excluding carboxylic acids is 1. The minimum atomic E-state index is -0.00933. The van der Waals surface area contributed by atoms with Crippen molar-refractivity contribution >= 4 is 22.5 Å². The van der Waals surface area contributed by atoms with Crippen molar-refractivity contribution in [1.82, 2.24) is 10.3 Å². The van der Waals surface area contributed by atoms with E-state index < -0.39 is 0 Å². The van der Waals surface area contributed by atoms with Crippen LogP contribution in [0.15, 0.2) is 24.4 Å². The van der Waals surface area contributed by atoms with E-state index in [1.165, 1.54) is 32.1 Å². The molecule has 1 aliphatic carbocycles. The first kappa shape index (κ1) is 14.0. The Hall–Kier alpha value is -1.97. The third-order valence-corrected chi connectivity index (χ3v) is 4.67. The molecule has 4 heteroatoms. The van der Waals surface area contributed by atoms with E-state index in [0.717, 1.165) is 10.9 Å². The molecule has 2 aromatic rings. The number of carbonyl (C=O) groups is 1. The van der Waals surface area contributed by atoms with Crippen LogP contribution in [0.5, 0.6) is 0 Å². The molecule has 0 saturated heterocycles. The zero-order valence-electron chi connectivity index (χ0n) is 12.5. The molecule has 1 amide bonds. The van der Waals surface area contributed by atoms with Gasteiger partial charge in [0.05, 0.1) is 5.56 Å². The van der Waals surface area contributed by atoms with Crippen LogP contribution in [0, 0.1) is 5.92 Å². The topological polar surface area (TPSA) is 70.9 Å². The van der Waals surface area contributed by atoms with E-state index in [-0.39, 0.29) is 11.9 Å². The molecular weight excluding hydrogens is 262 g/mol. The molecule has 1 fully saturated rings. The Bertz CT molecular complexity index is 641. The molecule has 1 aromatic heterocycles. The molecule has 4 nitrogen and oxygen atoms in total. The average Bonchev–Trinajstić information content (AvgIpc) is 2.91. The second-order valence-corrected chi connectivity index (χ2v) is 6.17. The SMILES string of the molecule is CC(NC(=O)c1c[nH]c2ccc(N)cc12)C1CCCCC1. The predicted octanol–water partition coefficient (Wildman–Crippen LogP) is 3.45. The minimum absolute atomic E-state index is 0.00933. The maximum atomic E-state index is 12.5. The molecular formula is C17H23N3O. The highest BCUT2D eigenvalue weighted by Gasteiger charge is 2.22. The molecule has 1 saturated carbocycles. The van der Waals surface area contributed by atoms with Crippen molar-refractivity contribution < 1.29 is 4.79 Å². The van der Waals surface area contributed by atoms with E-state index in [9.17, 15) is 4.79 Å². The number of nitrogen functional groups attached to an aromatic ring is 1. The van der Waals surface area contributed by atoms with Gasteiger partial charge in [0.2, 0.25) is 0 Å². The van der Waals surface area contributed by atoms with Gasteiger partial charge in [0.15, 0.2) is 0 Å². The summed E-state index contributed by atoms with van der Waals surface area (Å²) in [4.78, 5) is 15.6. The van der Waals surface area contributed by atoms with Crippen LogP contribution in [0.4, 0.5) is 5.69 Å². The molecule has 1 unspecified atom stereocenters. The fraction of sp³-hybridized carbons (Fsp3) is 0.471. The Morgan fingerprint density at radius 3 is 2.86 bits per heavy atom. The normalized spacial score (nSPS) is 17.8. The Labute approximate surface area is 125 Å². The number of aromatic amines is 1. The number of benzene rings is 1. The zero-order chi connectivity index (χ0) is 14.8. The van der Waals surface area contributed by atoms with Crippen molar-refractivity contribution in [3.8, 4) is 0 Å². The fourth-order valence-electron chi connectivity index (χ4n) is 3.36. The van der Waals surface area contributed by atoms with Gasteiger partial charge in [-0.1, -0.05) is 19.3 Å². The molecule has 1 atom stereocenters. The van der Waals surface area contributed by atoms with Gasteiger partial charge in [-0.3, -0.25) is 4.79 Å². The summed E-state index contributed by atoms with van der Waals surface area (Å²) in [7, 11) is 0. The van der Waals surface area contributed by atoms with Crippen molar-refractivity contribution in [3.05, 3.63) is 30.0 Å². The minimum Gasteiger partial charge on any atom is -0.399 e. The molecule has 112 valence electrons. The van der Waals surface area contributed by atoms with Gasteiger partial charge >= 0.3 is 0 Å². The Kier molecular flexibility index (Phi) is 3.86. The van der Waals surface area contributed by atoms with E-state index in [2.05, 4.69) is 17.2 Å². The smallest absolute Gasteiger partial charge is 0.253 e. The summed E-state index contributed by atoms with van der Waals surface area (Å²) in [5.74, 6) is 0.600. The van der Waals surface area contributed by atoms with Crippen molar-refractivity contribution in [2.24, 2.45) is 5.92 Å². The van der Waals surface area contributed by atoms with E-state index in [1.807, 2.05) is 18.2 Å². The maximum Gasteiger partial charge on any atom is 0.253 e. The molecule has 0 radical (unpaired) electrons. The third-order valence-electron chi connectivity index (χ3n) is 4.67. The van der Waals surface area contributed by atoms with Crippen molar-refractivity contribution in [3.63, 3.8) is 0 Å². The number of aromatic nitrogens is 1. The summed E-state index contributed by atoms with van der Waals surface area (Å²) in [6.07, 6.45) is 8.12. The highest BCUT2D eigenvalue weighted by molar-refractivity contribution is 6.07. The van der Waals surface area contributed by atoms with Gasteiger partial charge in [-0.05, 0) is 43.9 Å². The fourth-order valence-corrected chi connectivity index (χ4v) is 3.36. The second-order valence-electron chi connectivity index (χ2n) is 6.17. The molecule has 3 rings (SSSR count). The van der Waals surface area contributed by atoms with E-state index >= 15 is 0 Å². The van der Waals surface area contributed by atoms with Crippen LogP contribution in [0.2, 0.25) is 0 Å². The lowest BCUT2D eigenvalue weighted by Gasteiger charge is -2.28. The first-order chi connectivity index (χ1) is 10.1.